The Morgan fingerprint density at radius 1 is 1.43 bits per heavy atom. The van der Waals surface area contributed by atoms with Crippen molar-refractivity contribution in [2.45, 2.75) is 6.92 Å². The normalized spacial score (nSPS) is 12.8. The molecule has 6 nitrogen and oxygen atoms in total. The van der Waals surface area contributed by atoms with E-state index in [1.807, 2.05) is 6.07 Å². The molecule has 0 bridgehead atoms. The summed E-state index contributed by atoms with van der Waals surface area (Å²) in [5.41, 5.74) is 7.87. The van der Waals surface area contributed by atoms with E-state index >= 15 is 0 Å². The smallest absolute Gasteiger partial charge is 0.330 e. The Morgan fingerprint density at radius 2 is 2.25 bits per heavy atom. The SMILES string of the molecule is C=C(/C=c1\c(=C/N)[nH]c2ncc(F)c(/C=C/C(=O)OCC)c12)c1cccnc1. The van der Waals surface area contributed by atoms with Crippen LogP contribution >= 0.6 is 0 Å². The Morgan fingerprint density at radius 3 is 2.93 bits per heavy atom. The summed E-state index contributed by atoms with van der Waals surface area (Å²) < 4.78 is 19.4. The molecule has 0 saturated carbocycles. The zero-order chi connectivity index (χ0) is 20.1. The van der Waals surface area contributed by atoms with Gasteiger partial charge in [0.2, 0.25) is 0 Å². The number of hydrogen-bond donors (Lipinski definition) is 2. The highest BCUT2D eigenvalue weighted by Crippen LogP contribution is 2.18. The average molecular weight is 378 g/mol. The number of allylic oxidation sites excluding steroid dienone is 1. The van der Waals surface area contributed by atoms with Crippen molar-refractivity contribution in [3.05, 3.63) is 70.9 Å². The van der Waals surface area contributed by atoms with Gasteiger partial charge in [0, 0.05) is 40.8 Å². The maximum Gasteiger partial charge on any atom is 0.330 e. The van der Waals surface area contributed by atoms with Crippen molar-refractivity contribution >= 4 is 40.9 Å². The van der Waals surface area contributed by atoms with Crippen LogP contribution in [0.4, 0.5) is 4.39 Å². The van der Waals surface area contributed by atoms with E-state index < -0.39 is 11.8 Å². The minimum atomic E-state index is -0.572. The second-order valence-electron chi connectivity index (χ2n) is 5.86. The van der Waals surface area contributed by atoms with E-state index in [0.29, 0.717) is 27.2 Å². The molecule has 0 aromatic carbocycles. The quantitative estimate of drug-likeness (QED) is 0.522. The first kappa shape index (κ1) is 19.0. The lowest BCUT2D eigenvalue weighted by molar-refractivity contribution is -0.137. The van der Waals surface area contributed by atoms with Gasteiger partial charge < -0.3 is 15.5 Å². The van der Waals surface area contributed by atoms with Crippen molar-refractivity contribution in [3.8, 4) is 0 Å². The van der Waals surface area contributed by atoms with E-state index in [0.717, 1.165) is 11.8 Å². The van der Waals surface area contributed by atoms with Gasteiger partial charge in [0.1, 0.15) is 11.5 Å². The molecular formula is C21H19FN4O2. The Hall–Kier alpha value is -3.74. The summed E-state index contributed by atoms with van der Waals surface area (Å²) in [6.45, 7) is 5.99. The molecule has 0 spiro atoms. The third-order valence-corrected chi connectivity index (χ3v) is 4.07. The number of carbonyl (C=O) groups excluding carboxylic acids is 1. The van der Waals surface area contributed by atoms with Crippen molar-refractivity contribution in [3.63, 3.8) is 0 Å². The molecule has 0 amide bonds. The Labute approximate surface area is 160 Å². The largest absolute Gasteiger partial charge is 0.463 e. The van der Waals surface area contributed by atoms with Gasteiger partial charge in [-0.25, -0.2) is 14.2 Å². The number of rotatable bonds is 5. The number of aromatic nitrogens is 3. The van der Waals surface area contributed by atoms with Crippen LogP contribution in [0.2, 0.25) is 0 Å². The van der Waals surface area contributed by atoms with Gasteiger partial charge in [-0.15, -0.1) is 0 Å². The predicted molar refractivity (Wildman–Crippen MR) is 107 cm³/mol. The van der Waals surface area contributed by atoms with Crippen LogP contribution in [0.25, 0.3) is 35.0 Å². The van der Waals surface area contributed by atoms with Crippen molar-refractivity contribution in [2.24, 2.45) is 5.73 Å². The molecule has 0 aliphatic heterocycles. The van der Waals surface area contributed by atoms with Crippen molar-refractivity contribution < 1.29 is 13.9 Å². The van der Waals surface area contributed by atoms with Crippen molar-refractivity contribution in [1.29, 1.82) is 0 Å². The predicted octanol–water partition coefficient (Wildman–Crippen LogP) is 1.86. The molecule has 0 saturated heterocycles. The molecule has 7 heteroatoms. The van der Waals surface area contributed by atoms with Crippen LogP contribution in [-0.4, -0.2) is 27.5 Å². The molecule has 0 radical (unpaired) electrons. The minimum absolute atomic E-state index is 0.202. The van der Waals surface area contributed by atoms with Crippen LogP contribution in [0.5, 0.6) is 0 Å². The lowest BCUT2D eigenvalue weighted by atomic mass is 10.1. The number of nitrogens with zero attached hydrogens (tertiary/aromatic N) is 2. The molecule has 0 unspecified atom stereocenters. The van der Waals surface area contributed by atoms with Gasteiger partial charge in [0.05, 0.1) is 18.2 Å². The monoisotopic (exact) mass is 378 g/mol. The topological polar surface area (TPSA) is 93.9 Å². The summed E-state index contributed by atoms with van der Waals surface area (Å²) in [7, 11) is 0. The molecule has 3 heterocycles. The minimum Gasteiger partial charge on any atom is -0.463 e. The van der Waals surface area contributed by atoms with Crippen LogP contribution in [0, 0.1) is 5.82 Å². The van der Waals surface area contributed by atoms with E-state index in [4.69, 9.17) is 10.5 Å². The number of esters is 1. The number of nitrogens with one attached hydrogen (secondary N) is 1. The molecule has 3 aromatic heterocycles. The number of aromatic amines is 1. The summed E-state index contributed by atoms with van der Waals surface area (Å²) in [6, 6.07) is 3.67. The maximum atomic E-state index is 14.5. The Kier molecular flexibility index (Phi) is 5.64. The molecule has 0 atom stereocenters. The lowest BCUT2D eigenvalue weighted by Gasteiger charge is -2.01. The number of ether oxygens (including phenoxy) is 1. The number of H-pyrrole nitrogens is 1. The molecule has 3 rings (SSSR count). The first-order valence-corrected chi connectivity index (χ1v) is 8.59. The van der Waals surface area contributed by atoms with E-state index in [1.54, 1.807) is 31.5 Å². The molecule has 28 heavy (non-hydrogen) atoms. The van der Waals surface area contributed by atoms with Gasteiger partial charge in [0.15, 0.2) is 0 Å². The van der Waals surface area contributed by atoms with Gasteiger partial charge in [-0.05, 0) is 36.3 Å². The van der Waals surface area contributed by atoms with Crippen molar-refractivity contribution in [2.75, 3.05) is 6.61 Å². The number of carbonyl (C=O) groups is 1. The standard InChI is InChI=1S/C21H19FN4O2/c1-3-28-19(27)7-6-15-17(22)12-25-21-20(15)16(18(10-23)26-21)9-13(2)14-5-4-8-24-11-14/h4-12H,2-3,23H2,1H3,(H,25,26)/b7-6+,16-9+,18-10+. The van der Waals surface area contributed by atoms with Gasteiger partial charge in [-0.3, -0.25) is 4.98 Å². The first-order valence-electron chi connectivity index (χ1n) is 8.59. The number of nitrogens with two attached hydrogens (primary N) is 1. The summed E-state index contributed by atoms with van der Waals surface area (Å²) in [4.78, 5) is 22.9. The second kappa shape index (κ2) is 8.30. The van der Waals surface area contributed by atoms with Crippen LogP contribution in [0.15, 0.2) is 43.4 Å². The zero-order valence-corrected chi connectivity index (χ0v) is 15.3. The van der Waals surface area contributed by atoms with Crippen molar-refractivity contribution in [1.82, 2.24) is 15.0 Å². The van der Waals surface area contributed by atoms with Gasteiger partial charge in [-0.2, -0.15) is 0 Å². The van der Waals surface area contributed by atoms with E-state index in [9.17, 15) is 9.18 Å². The van der Waals surface area contributed by atoms with Crippen LogP contribution in [0.3, 0.4) is 0 Å². The summed E-state index contributed by atoms with van der Waals surface area (Å²) >= 11 is 0. The first-order chi connectivity index (χ1) is 13.5. The molecule has 0 aliphatic carbocycles. The number of halogens is 1. The van der Waals surface area contributed by atoms with Crippen LogP contribution < -0.4 is 16.3 Å². The molecule has 3 N–H and O–H groups in total. The Bertz CT molecular complexity index is 1180. The average Bonchev–Trinajstić information content (AvgIpc) is 3.06. The summed E-state index contributed by atoms with van der Waals surface area (Å²) in [5, 5.41) is 1.66. The molecular weight excluding hydrogens is 359 g/mol. The van der Waals surface area contributed by atoms with Gasteiger partial charge in [0.25, 0.3) is 0 Å². The van der Waals surface area contributed by atoms with Gasteiger partial charge >= 0.3 is 5.97 Å². The number of fused-ring (bicyclic) bond motifs is 1. The fourth-order valence-corrected chi connectivity index (χ4v) is 2.80. The third-order valence-electron chi connectivity index (χ3n) is 4.07. The fourth-order valence-electron chi connectivity index (χ4n) is 2.80. The third kappa shape index (κ3) is 3.83. The molecule has 0 fully saturated rings. The van der Waals surface area contributed by atoms with Crippen LogP contribution in [-0.2, 0) is 9.53 Å². The highest BCUT2D eigenvalue weighted by molar-refractivity contribution is 5.96. The van der Waals surface area contributed by atoms with E-state index in [1.165, 1.54) is 18.4 Å². The van der Waals surface area contributed by atoms with E-state index in [2.05, 4.69) is 21.5 Å². The molecule has 3 aromatic rings. The maximum absolute atomic E-state index is 14.5. The summed E-state index contributed by atoms with van der Waals surface area (Å²) in [5.74, 6) is -1.13. The van der Waals surface area contributed by atoms with E-state index in [-0.39, 0.29) is 12.2 Å². The Balaban J connectivity index is 2.25. The number of hydrogen-bond acceptors (Lipinski definition) is 5. The second-order valence-corrected chi connectivity index (χ2v) is 5.86. The summed E-state index contributed by atoms with van der Waals surface area (Å²) in [6.07, 6.45) is 10.1. The lowest BCUT2D eigenvalue weighted by Crippen LogP contribution is -2.24. The number of pyridine rings is 2. The molecule has 0 aliphatic rings. The van der Waals surface area contributed by atoms with Gasteiger partial charge in [-0.1, -0.05) is 12.6 Å². The van der Waals surface area contributed by atoms with Crippen LogP contribution in [0.1, 0.15) is 18.1 Å². The highest BCUT2D eigenvalue weighted by atomic mass is 19.1. The zero-order valence-electron chi connectivity index (χ0n) is 15.3. The highest BCUT2D eigenvalue weighted by Gasteiger charge is 2.12. The molecule has 142 valence electrons. The fraction of sp³-hybridized carbons (Fsp3) is 0.0952.